The summed E-state index contributed by atoms with van der Waals surface area (Å²) in [6.45, 7) is -0.181. The van der Waals surface area contributed by atoms with E-state index in [2.05, 4.69) is 12.6 Å². The van der Waals surface area contributed by atoms with Crippen LogP contribution in [0.5, 0.6) is 0 Å². The van der Waals surface area contributed by atoms with E-state index >= 15 is 0 Å². The first-order valence-corrected chi connectivity index (χ1v) is 7.01. The van der Waals surface area contributed by atoms with Gasteiger partial charge in [0.25, 0.3) is 5.91 Å². The van der Waals surface area contributed by atoms with Crippen LogP contribution in [0.4, 0.5) is 4.39 Å². The first kappa shape index (κ1) is 14.8. The van der Waals surface area contributed by atoms with E-state index in [9.17, 15) is 14.0 Å². The van der Waals surface area contributed by atoms with Crippen LogP contribution in [0.15, 0.2) is 23.1 Å². The van der Waals surface area contributed by atoms with Crippen molar-refractivity contribution in [2.45, 2.75) is 36.6 Å². The Bertz CT molecular complexity index is 530. The van der Waals surface area contributed by atoms with Gasteiger partial charge in [0.15, 0.2) is 0 Å². The third-order valence-corrected chi connectivity index (χ3v) is 3.81. The summed E-state index contributed by atoms with van der Waals surface area (Å²) in [5.74, 6) is -1.70. The predicted molar refractivity (Wildman–Crippen MR) is 76.1 cm³/mol. The Morgan fingerprint density at radius 1 is 1.35 bits per heavy atom. The van der Waals surface area contributed by atoms with Crippen molar-refractivity contribution in [3.05, 3.63) is 29.6 Å². The largest absolute Gasteiger partial charge is 0.368 e. The molecule has 1 saturated carbocycles. The fourth-order valence-electron chi connectivity index (χ4n) is 2.58. The molecule has 20 heavy (non-hydrogen) atoms. The predicted octanol–water partition coefficient (Wildman–Crippen LogP) is 1.98. The van der Waals surface area contributed by atoms with Crippen LogP contribution >= 0.6 is 12.6 Å². The quantitative estimate of drug-likeness (QED) is 0.835. The average molecular weight is 296 g/mol. The van der Waals surface area contributed by atoms with E-state index in [0.29, 0.717) is 4.90 Å². The number of carbonyl (C=O) groups excluding carboxylic acids is 2. The number of nitrogens with zero attached hydrogens (tertiary/aromatic N) is 1. The van der Waals surface area contributed by atoms with E-state index in [-0.39, 0.29) is 18.2 Å². The van der Waals surface area contributed by atoms with E-state index in [0.717, 1.165) is 25.7 Å². The Labute approximate surface area is 122 Å². The van der Waals surface area contributed by atoms with Crippen LogP contribution in [0.1, 0.15) is 36.0 Å². The highest BCUT2D eigenvalue weighted by atomic mass is 32.1. The number of carbonyl (C=O) groups is 2. The van der Waals surface area contributed by atoms with Crippen molar-refractivity contribution in [1.29, 1.82) is 0 Å². The SMILES string of the molecule is NC(=O)CN(C(=O)c1cc(S)ccc1F)C1CCCC1. The van der Waals surface area contributed by atoms with Crippen LogP contribution in [0.3, 0.4) is 0 Å². The summed E-state index contributed by atoms with van der Waals surface area (Å²) in [5.41, 5.74) is 5.14. The molecule has 2 amide bonds. The number of benzene rings is 1. The number of primary amides is 1. The third-order valence-electron chi connectivity index (χ3n) is 3.53. The smallest absolute Gasteiger partial charge is 0.257 e. The van der Waals surface area contributed by atoms with Gasteiger partial charge in [-0.2, -0.15) is 0 Å². The average Bonchev–Trinajstić information content (AvgIpc) is 2.91. The second kappa shape index (κ2) is 6.26. The summed E-state index contributed by atoms with van der Waals surface area (Å²) >= 11 is 4.12. The van der Waals surface area contributed by atoms with Crippen LogP contribution in [0.2, 0.25) is 0 Å². The van der Waals surface area contributed by atoms with Gasteiger partial charge in [-0.15, -0.1) is 12.6 Å². The first-order chi connectivity index (χ1) is 9.49. The van der Waals surface area contributed by atoms with E-state index in [1.807, 2.05) is 0 Å². The fourth-order valence-corrected chi connectivity index (χ4v) is 2.79. The summed E-state index contributed by atoms with van der Waals surface area (Å²) in [7, 11) is 0. The lowest BCUT2D eigenvalue weighted by molar-refractivity contribution is -0.119. The summed E-state index contributed by atoms with van der Waals surface area (Å²) in [4.78, 5) is 25.5. The maximum atomic E-state index is 13.8. The van der Waals surface area contributed by atoms with Gasteiger partial charge in [0.2, 0.25) is 5.91 Å². The summed E-state index contributed by atoms with van der Waals surface area (Å²) in [6.07, 6.45) is 3.65. The lowest BCUT2D eigenvalue weighted by Crippen LogP contribution is -2.44. The molecular formula is C14H17FN2O2S. The van der Waals surface area contributed by atoms with E-state index in [1.165, 1.54) is 23.1 Å². The molecule has 0 spiro atoms. The minimum atomic E-state index is -0.611. The van der Waals surface area contributed by atoms with Crippen LogP contribution in [-0.4, -0.2) is 29.3 Å². The summed E-state index contributed by atoms with van der Waals surface area (Å²) in [5, 5.41) is 0. The zero-order valence-corrected chi connectivity index (χ0v) is 11.9. The van der Waals surface area contributed by atoms with Gasteiger partial charge in [-0.25, -0.2) is 4.39 Å². The molecule has 0 aliphatic heterocycles. The molecule has 0 aromatic heterocycles. The highest BCUT2D eigenvalue weighted by Crippen LogP contribution is 2.26. The topological polar surface area (TPSA) is 63.4 Å². The Morgan fingerprint density at radius 3 is 2.60 bits per heavy atom. The van der Waals surface area contributed by atoms with Crippen molar-refractivity contribution < 1.29 is 14.0 Å². The van der Waals surface area contributed by atoms with Crippen molar-refractivity contribution in [3.8, 4) is 0 Å². The monoisotopic (exact) mass is 296 g/mol. The first-order valence-electron chi connectivity index (χ1n) is 6.57. The van der Waals surface area contributed by atoms with Crippen LogP contribution in [0, 0.1) is 5.82 Å². The summed E-state index contributed by atoms with van der Waals surface area (Å²) in [6, 6.07) is 4.01. The molecule has 0 unspecified atom stereocenters. The van der Waals surface area contributed by atoms with Gasteiger partial charge in [-0.3, -0.25) is 9.59 Å². The van der Waals surface area contributed by atoms with Crippen molar-refractivity contribution in [2.75, 3.05) is 6.54 Å². The van der Waals surface area contributed by atoms with Gasteiger partial charge in [-0.1, -0.05) is 12.8 Å². The lowest BCUT2D eigenvalue weighted by atomic mass is 10.1. The lowest BCUT2D eigenvalue weighted by Gasteiger charge is -2.28. The molecule has 1 aliphatic rings. The molecule has 0 bridgehead atoms. The second-order valence-corrected chi connectivity index (χ2v) is 5.52. The molecule has 1 aliphatic carbocycles. The maximum Gasteiger partial charge on any atom is 0.257 e. The van der Waals surface area contributed by atoms with E-state index in [1.54, 1.807) is 0 Å². The Kier molecular flexibility index (Phi) is 4.65. The number of thiol groups is 1. The maximum absolute atomic E-state index is 13.8. The normalized spacial score (nSPS) is 15.3. The van der Waals surface area contributed by atoms with Crippen molar-refractivity contribution in [1.82, 2.24) is 4.90 Å². The number of hydrogen-bond donors (Lipinski definition) is 2. The molecule has 0 atom stereocenters. The van der Waals surface area contributed by atoms with Gasteiger partial charge >= 0.3 is 0 Å². The Hall–Kier alpha value is -1.56. The Balaban J connectivity index is 2.29. The highest BCUT2D eigenvalue weighted by molar-refractivity contribution is 7.80. The molecule has 108 valence electrons. The Morgan fingerprint density at radius 2 is 2.00 bits per heavy atom. The number of nitrogens with two attached hydrogens (primary N) is 1. The molecular weight excluding hydrogens is 279 g/mol. The number of amides is 2. The second-order valence-electron chi connectivity index (χ2n) is 5.00. The molecule has 2 N–H and O–H groups in total. The highest BCUT2D eigenvalue weighted by Gasteiger charge is 2.29. The molecule has 2 rings (SSSR count). The van der Waals surface area contributed by atoms with Gasteiger partial charge < -0.3 is 10.6 Å². The van der Waals surface area contributed by atoms with Crippen molar-refractivity contribution >= 4 is 24.4 Å². The van der Waals surface area contributed by atoms with E-state index < -0.39 is 17.6 Å². The summed E-state index contributed by atoms with van der Waals surface area (Å²) < 4.78 is 13.8. The minimum Gasteiger partial charge on any atom is -0.368 e. The van der Waals surface area contributed by atoms with Crippen LogP contribution < -0.4 is 5.73 Å². The van der Waals surface area contributed by atoms with Gasteiger partial charge in [0, 0.05) is 10.9 Å². The fraction of sp³-hybridized carbons (Fsp3) is 0.429. The van der Waals surface area contributed by atoms with Crippen LogP contribution in [-0.2, 0) is 4.79 Å². The van der Waals surface area contributed by atoms with E-state index in [4.69, 9.17) is 5.73 Å². The molecule has 0 heterocycles. The standard InChI is InChI=1S/C14H17FN2O2S/c15-12-6-5-10(20)7-11(12)14(19)17(8-13(16)18)9-3-1-2-4-9/h5-7,9,20H,1-4,8H2,(H2,16,18). The minimum absolute atomic E-state index is 0.0435. The van der Waals surface area contributed by atoms with Crippen molar-refractivity contribution in [2.24, 2.45) is 5.73 Å². The van der Waals surface area contributed by atoms with Gasteiger partial charge in [-0.05, 0) is 31.0 Å². The molecule has 1 fully saturated rings. The number of hydrogen-bond acceptors (Lipinski definition) is 3. The zero-order valence-electron chi connectivity index (χ0n) is 11.0. The van der Waals surface area contributed by atoms with Gasteiger partial charge in [0.05, 0.1) is 12.1 Å². The molecule has 0 radical (unpaired) electrons. The number of rotatable bonds is 4. The zero-order chi connectivity index (χ0) is 14.7. The molecule has 4 nitrogen and oxygen atoms in total. The van der Waals surface area contributed by atoms with Gasteiger partial charge in [0.1, 0.15) is 5.82 Å². The molecule has 0 saturated heterocycles. The molecule has 1 aromatic carbocycles. The molecule has 1 aromatic rings. The number of halogens is 1. The van der Waals surface area contributed by atoms with Crippen LogP contribution in [0.25, 0.3) is 0 Å². The third kappa shape index (κ3) is 3.30. The molecule has 6 heteroatoms. The van der Waals surface area contributed by atoms with Crippen molar-refractivity contribution in [3.63, 3.8) is 0 Å².